The Morgan fingerprint density at radius 2 is 1.55 bits per heavy atom. The maximum atomic E-state index is 12.9. The molecule has 0 unspecified atom stereocenters. The molecule has 1 aliphatic carbocycles. The molecule has 0 fully saturated rings. The third kappa shape index (κ3) is 4.36. The lowest BCUT2D eigenvalue weighted by Crippen LogP contribution is -2.28. The highest BCUT2D eigenvalue weighted by Crippen LogP contribution is 2.34. The van der Waals surface area contributed by atoms with Crippen molar-refractivity contribution < 1.29 is 28.7 Å². The number of fused-ring (bicyclic) bond motifs is 2. The fraction of sp³-hybridized carbons (Fsp3) is 0.120. The van der Waals surface area contributed by atoms with Gasteiger partial charge in [-0.05, 0) is 29.8 Å². The predicted molar refractivity (Wildman–Crippen MR) is 120 cm³/mol. The van der Waals surface area contributed by atoms with Gasteiger partial charge in [0.25, 0.3) is 5.91 Å². The molecule has 3 aromatic carbocycles. The number of esters is 1. The van der Waals surface area contributed by atoms with E-state index in [4.69, 9.17) is 21.1 Å². The van der Waals surface area contributed by atoms with E-state index < -0.39 is 24.3 Å². The molecule has 0 aliphatic heterocycles. The van der Waals surface area contributed by atoms with Crippen molar-refractivity contribution in [2.75, 3.05) is 13.7 Å². The zero-order valence-corrected chi connectivity index (χ0v) is 18.3. The second-order valence-electron chi connectivity index (χ2n) is 7.25. The minimum absolute atomic E-state index is 0.0428. The number of halogens is 1. The Kier molecular flexibility index (Phi) is 6.24. The van der Waals surface area contributed by atoms with E-state index in [1.54, 1.807) is 49.6 Å². The lowest BCUT2D eigenvalue weighted by atomic mass is 9.83. The van der Waals surface area contributed by atoms with Gasteiger partial charge in [-0.2, -0.15) is 0 Å². The molecule has 0 bridgehead atoms. The summed E-state index contributed by atoms with van der Waals surface area (Å²) >= 11 is 6.34. The zero-order valence-electron chi connectivity index (χ0n) is 17.5. The van der Waals surface area contributed by atoms with E-state index in [0.717, 1.165) is 5.56 Å². The molecule has 3 aromatic rings. The SMILES string of the molecule is COc1ccc(CNC(=O)COC(=O)c2ccc3c(c2Cl)C(=O)c2ccccc2C3=O)cc1. The third-order valence-electron chi connectivity index (χ3n) is 5.23. The normalized spacial score (nSPS) is 11.9. The van der Waals surface area contributed by atoms with Gasteiger partial charge in [0, 0.05) is 23.2 Å². The van der Waals surface area contributed by atoms with E-state index in [-0.39, 0.29) is 45.2 Å². The van der Waals surface area contributed by atoms with Crippen LogP contribution in [0.4, 0.5) is 0 Å². The van der Waals surface area contributed by atoms with E-state index in [9.17, 15) is 19.2 Å². The Morgan fingerprint density at radius 1 is 0.879 bits per heavy atom. The molecule has 4 rings (SSSR count). The number of hydrogen-bond donors (Lipinski definition) is 1. The van der Waals surface area contributed by atoms with Gasteiger partial charge in [-0.1, -0.05) is 48.0 Å². The molecule has 0 spiro atoms. The van der Waals surface area contributed by atoms with Crippen LogP contribution in [-0.4, -0.2) is 37.2 Å². The van der Waals surface area contributed by atoms with Crippen LogP contribution in [0.2, 0.25) is 5.02 Å². The number of hydrogen-bond acceptors (Lipinski definition) is 6. The van der Waals surface area contributed by atoms with Crippen LogP contribution < -0.4 is 10.1 Å². The summed E-state index contributed by atoms with van der Waals surface area (Å²) in [4.78, 5) is 50.3. The molecule has 1 N–H and O–H groups in total. The van der Waals surface area contributed by atoms with E-state index in [1.807, 2.05) is 0 Å². The summed E-state index contributed by atoms with van der Waals surface area (Å²) in [5.41, 5.74) is 1.34. The summed E-state index contributed by atoms with van der Waals surface area (Å²) in [6.45, 7) is -0.284. The molecule has 0 heterocycles. The van der Waals surface area contributed by atoms with Gasteiger partial charge in [0.15, 0.2) is 18.2 Å². The van der Waals surface area contributed by atoms with Gasteiger partial charge in [0.1, 0.15) is 5.75 Å². The highest BCUT2D eigenvalue weighted by Gasteiger charge is 2.33. The maximum absolute atomic E-state index is 12.9. The van der Waals surface area contributed by atoms with Crippen molar-refractivity contribution in [2.24, 2.45) is 0 Å². The number of rotatable bonds is 6. The Hall–Kier alpha value is -3.97. The second-order valence-corrected chi connectivity index (χ2v) is 7.63. The largest absolute Gasteiger partial charge is 0.497 e. The minimum Gasteiger partial charge on any atom is -0.497 e. The smallest absolute Gasteiger partial charge is 0.340 e. The van der Waals surface area contributed by atoms with Crippen molar-refractivity contribution in [1.29, 1.82) is 0 Å². The van der Waals surface area contributed by atoms with Crippen LogP contribution >= 0.6 is 11.6 Å². The van der Waals surface area contributed by atoms with Gasteiger partial charge >= 0.3 is 5.97 Å². The summed E-state index contributed by atoms with van der Waals surface area (Å²) in [6, 6.07) is 16.2. The summed E-state index contributed by atoms with van der Waals surface area (Å²) in [7, 11) is 1.56. The average Bonchev–Trinajstić information content (AvgIpc) is 2.84. The van der Waals surface area contributed by atoms with Gasteiger partial charge in [0.05, 0.1) is 23.3 Å². The highest BCUT2D eigenvalue weighted by atomic mass is 35.5. The highest BCUT2D eigenvalue weighted by molar-refractivity contribution is 6.41. The topological polar surface area (TPSA) is 98.8 Å². The van der Waals surface area contributed by atoms with Crippen LogP contribution in [0.25, 0.3) is 0 Å². The number of benzene rings is 3. The molecule has 1 amide bonds. The molecule has 166 valence electrons. The summed E-state index contributed by atoms with van der Waals surface area (Å²) in [5, 5.41) is 2.47. The van der Waals surface area contributed by atoms with E-state index in [2.05, 4.69) is 5.32 Å². The fourth-order valence-electron chi connectivity index (χ4n) is 3.51. The molecule has 0 radical (unpaired) electrons. The minimum atomic E-state index is -0.874. The lowest BCUT2D eigenvalue weighted by Gasteiger charge is -2.19. The molecule has 0 aromatic heterocycles. The van der Waals surface area contributed by atoms with Gasteiger partial charge in [0.2, 0.25) is 0 Å². The molecular formula is C25H18ClNO6. The molecule has 0 atom stereocenters. The molecule has 0 saturated heterocycles. The Morgan fingerprint density at radius 3 is 2.21 bits per heavy atom. The zero-order chi connectivity index (χ0) is 23.5. The summed E-state index contributed by atoms with van der Waals surface area (Å²) in [6.07, 6.45) is 0. The monoisotopic (exact) mass is 463 g/mol. The van der Waals surface area contributed by atoms with Crippen molar-refractivity contribution in [2.45, 2.75) is 6.54 Å². The van der Waals surface area contributed by atoms with Gasteiger partial charge in [-0.25, -0.2) is 4.79 Å². The number of ketones is 2. The Bertz CT molecular complexity index is 1280. The van der Waals surface area contributed by atoms with E-state index in [0.29, 0.717) is 5.75 Å². The molecule has 0 saturated carbocycles. The van der Waals surface area contributed by atoms with E-state index in [1.165, 1.54) is 18.2 Å². The number of carbonyl (C=O) groups excluding carboxylic acids is 4. The van der Waals surface area contributed by atoms with Crippen LogP contribution in [0, 0.1) is 0 Å². The van der Waals surface area contributed by atoms with Crippen molar-refractivity contribution in [3.05, 3.63) is 99.1 Å². The van der Waals surface area contributed by atoms with Crippen LogP contribution in [0.1, 0.15) is 47.8 Å². The first-order valence-electron chi connectivity index (χ1n) is 9.98. The fourth-order valence-corrected chi connectivity index (χ4v) is 3.84. The molecule has 33 heavy (non-hydrogen) atoms. The third-order valence-corrected chi connectivity index (χ3v) is 5.63. The number of ether oxygens (including phenoxy) is 2. The number of methoxy groups -OCH3 is 1. The molecular weight excluding hydrogens is 446 g/mol. The van der Waals surface area contributed by atoms with Crippen molar-refractivity contribution in [1.82, 2.24) is 5.32 Å². The number of carbonyl (C=O) groups is 4. The first-order valence-corrected chi connectivity index (χ1v) is 10.4. The second kappa shape index (κ2) is 9.26. The molecule has 1 aliphatic rings. The standard InChI is InChI=1S/C25H18ClNO6/c1-32-15-8-6-14(7-9-15)12-27-20(28)13-33-25(31)19-11-10-18-21(22(19)26)24(30)17-5-3-2-4-16(17)23(18)29/h2-11H,12-13H2,1H3,(H,27,28). The lowest BCUT2D eigenvalue weighted by molar-refractivity contribution is -0.124. The molecule has 7 nitrogen and oxygen atoms in total. The summed E-state index contributed by atoms with van der Waals surface area (Å²) < 4.78 is 10.1. The Labute approximate surface area is 194 Å². The van der Waals surface area contributed by atoms with Gasteiger partial charge in [-0.15, -0.1) is 0 Å². The van der Waals surface area contributed by atoms with Crippen LogP contribution in [-0.2, 0) is 16.1 Å². The van der Waals surface area contributed by atoms with Crippen molar-refractivity contribution in [3.8, 4) is 5.75 Å². The Balaban J connectivity index is 1.43. The van der Waals surface area contributed by atoms with Crippen LogP contribution in [0.3, 0.4) is 0 Å². The van der Waals surface area contributed by atoms with Crippen LogP contribution in [0.5, 0.6) is 5.75 Å². The predicted octanol–water partition coefficient (Wildman–Crippen LogP) is 3.60. The van der Waals surface area contributed by atoms with Gasteiger partial charge < -0.3 is 14.8 Å². The van der Waals surface area contributed by atoms with E-state index >= 15 is 0 Å². The summed E-state index contributed by atoms with van der Waals surface area (Å²) in [5.74, 6) is -1.48. The maximum Gasteiger partial charge on any atom is 0.340 e. The van der Waals surface area contributed by atoms with Crippen molar-refractivity contribution in [3.63, 3.8) is 0 Å². The average molecular weight is 464 g/mol. The first kappa shape index (κ1) is 22.2. The number of amides is 1. The van der Waals surface area contributed by atoms with Crippen molar-refractivity contribution >= 4 is 35.0 Å². The van der Waals surface area contributed by atoms with Gasteiger partial charge in [-0.3, -0.25) is 14.4 Å². The quantitative estimate of drug-likeness (QED) is 0.439. The molecule has 8 heteroatoms. The van der Waals surface area contributed by atoms with Crippen LogP contribution in [0.15, 0.2) is 60.7 Å². The number of nitrogens with one attached hydrogen (secondary N) is 1. The first-order chi connectivity index (χ1) is 15.9.